The second-order valence-electron chi connectivity index (χ2n) is 2.89. The normalized spacial score (nSPS) is 10.4. The Hall–Kier alpha value is -1.88. The van der Waals surface area contributed by atoms with Crippen molar-refractivity contribution in [2.24, 2.45) is 5.73 Å². The lowest BCUT2D eigenvalue weighted by Crippen LogP contribution is -1.98. The first-order valence-electron chi connectivity index (χ1n) is 4.18. The monoisotopic (exact) mass is 190 g/mol. The van der Waals surface area contributed by atoms with Crippen LogP contribution >= 0.6 is 0 Å². The van der Waals surface area contributed by atoms with Crippen molar-refractivity contribution in [3.63, 3.8) is 0 Å². The number of benzene rings is 1. The van der Waals surface area contributed by atoms with Gasteiger partial charge >= 0.3 is 0 Å². The van der Waals surface area contributed by atoms with Crippen LogP contribution in [0.5, 0.6) is 5.75 Å². The molecule has 1 heterocycles. The summed E-state index contributed by atoms with van der Waals surface area (Å²) in [7, 11) is 0. The van der Waals surface area contributed by atoms with Gasteiger partial charge in [0.15, 0.2) is 0 Å². The topological polar surface area (TPSA) is 77.0 Å². The van der Waals surface area contributed by atoms with Gasteiger partial charge in [0.05, 0.1) is 5.69 Å². The number of nitrogens with two attached hydrogens (primary N) is 1. The number of aromatic nitrogens is 3. The van der Waals surface area contributed by atoms with Crippen LogP contribution < -0.4 is 5.73 Å². The third kappa shape index (κ3) is 1.45. The minimum atomic E-state index is 0.193. The molecule has 5 nitrogen and oxygen atoms in total. The molecule has 0 atom stereocenters. The molecule has 1 aromatic heterocycles. The lowest BCUT2D eigenvalue weighted by Gasteiger charge is -2.05. The molecular weight excluding hydrogens is 180 g/mol. The maximum absolute atomic E-state index is 9.56. The van der Waals surface area contributed by atoms with E-state index in [0.29, 0.717) is 6.54 Å². The van der Waals surface area contributed by atoms with Crippen LogP contribution in [-0.2, 0) is 6.54 Å². The molecule has 0 aliphatic heterocycles. The second kappa shape index (κ2) is 3.47. The van der Waals surface area contributed by atoms with Gasteiger partial charge in [-0.05, 0) is 6.07 Å². The summed E-state index contributed by atoms with van der Waals surface area (Å²) in [5.41, 5.74) is 6.96. The van der Waals surface area contributed by atoms with E-state index in [-0.39, 0.29) is 5.75 Å². The lowest BCUT2D eigenvalue weighted by molar-refractivity contribution is 0.468. The van der Waals surface area contributed by atoms with Gasteiger partial charge in [0.1, 0.15) is 18.4 Å². The number of nitrogens with zero attached hydrogens (tertiary/aromatic N) is 3. The molecule has 0 aliphatic rings. The summed E-state index contributed by atoms with van der Waals surface area (Å²) >= 11 is 0. The first-order valence-corrected chi connectivity index (χ1v) is 4.18. The van der Waals surface area contributed by atoms with Crippen molar-refractivity contribution in [3.05, 3.63) is 36.4 Å². The Kier molecular flexibility index (Phi) is 2.16. The highest BCUT2D eigenvalue weighted by Crippen LogP contribution is 2.20. The van der Waals surface area contributed by atoms with Gasteiger partial charge in [-0.2, -0.15) is 0 Å². The van der Waals surface area contributed by atoms with E-state index in [4.69, 9.17) is 5.73 Å². The van der Waals surface area contributed by atoms with Crippen molar-refractivity contribution in [1.29, 1.82) is 0 Å². The fraction of sp³-hybridized carbons (Fsp3) is 0.111. The largest absolute Gasteiger partial charge is 0.508 e. The molecule has 0 spiro atoms. The summed E-state index contributed by atoms with van der Waals surface area (Å²) in [6.45, 7) is 0.328. The van der Waals surface area contributed by atoms with Crippen LogP contribution in [0.1, 0.15) is 5.56 Å². The summed E-state index contributed by atoms with van der Waals surface area (Å²) in [5, 5.41) is 16.9. The van der Waals surface area contributed by atoms with E-state index in [1.54, 1.807) is 29.4 Å². The number of rotatable bonds is 2. The molecule has 0 amide bonds. The Morgan fingerprint density at radius 1 is 1.29 bits per heavy atom. The first kappa shape index (κ1) is 8.71. The fourth-order valence-electron chi connectivity index (χ4n) is 1.22. The zero-order chi connectivity index (χ0) is 9.97. The molecule has 2 rings (SSSR count). The number of hydrogen-bond acceptors (Lipinski definition) is 4. The smallest absolute Gasteiger partial charge is 0.123 e. The molecule has 0 aliphatic carbocycles. The number of phenolic OH excluding ortho intramolecular Hbond substituents is 1. The van der Waals surface area contributed by atoms with Crippen molar-refractivity contribution < 1.29 is 5.11 Å². The van der Waals surface area contributed by atoms with Crippen molar-refractivity contribution in [3.8, 4) is 11.4 Å². The molecule has 14 heavy (non-hydrogen) atoms. The zero-order valence-corrected chi connectivity index (χ0v) is 7.46. The van der Waals surface area contributed by atoms with Crippen LogP contribution in [0.15, 0.2) is 30.9 Å². The average molecular weight is 190 g/mol. The first-order chi connectivity index (χ1) is 6.81. The molecule has 0 unspecified atom stereocenters. The van der Waals surface area contributed by atoms with Crippen LogP contribution in [0, 0.1) is 0 Å². The van der Waals surface area contributed by atoms with Crippen LogP contribution in [0.3, 0.4) is 0 Å². The Labute approximate surface area is 80.8 Å². The van der Waals surface area contributed by atoms with E-state index in [1.165, 1.54) is 0 Å². The molecule has 0 fully saturated rings. The number of phenols is 1. The lowest BCUT2D eigenvalue weighted by atomic mass is 10.2. The zero-order valence-electron chi connectivity index (χ0n) is 7.46. The average Bonchev–Trinajstić information content (AvgIpc) is 2.70. The summed E-state index contributed by atoms with van der Waals surface area (Å²) in [4.78, 5) is 0. The molecule has 0 saturated carbocycles. The predicted molar refractivity (Wildman–Crippen MR) is 50.9 cm³/mol. The van der Waals surface area contributed by atoms with Gasteiger partial charge < -0.3 is 10.8 Å². The second-order valence-corrected chi connectivity index (χ2v) is 2.89. The number of hydrogen-bond donors (Lipinski definition) is 2. The van der Waals surface area contributed by atoms with Gasteiger partial charge in [-0.1, -0.05) is 6.07 Å². The van der Waals surface area contributed by atoms with Gasteiger partial charge in [-0.25, -0.2) is 0 Å². The third-order valence-electron chi connectivity index (χ3n) is 2.01. The van der Waals surface area contributed by atoms with Crippen LogP contribution in [0.2, 0.25) is 0 Å². The van der Waals surface area contributed by atoms with Crippen molar-refractivity contribution in [2.45, 2.75) is 6.54 Å². The maximum Gasteiger partial charge on any atom is 0.123 e. The fourth-order valence-corrected chi connectivity index (χ4v) is 1.22. The van der Waals surface area contributed by atoms with Crippen LogP contribution in [0.25, 0.3) is 5.69 Å². The van der Waals surface area contributed by atoms with Gasteiger partial charge in [-0.3, -0.25) is 4.57 Å². The summed E-state index contributed by atoms with van der Waals surface area (Å²) in [6.07, 6.45) is 3.13. The quantitative estimate of drug-likeness (QED) is 0.720. The summed E-state index contributed by atoms with van der Waals surface area (Å²) in [5.74, 6) is 0.193. The molecule has 1 aromatic carbocycles. The van der Waals surface area contributed by atoms with E-state index in [0.717, 1.165) is 11.3 Å². The molecule has 0 radical (unpaired) electrons. The molecule has 0 saturated heterocycles. The SMILES string of the molecule is NCc1ccc(-n2cnnc2)cc1O. The van der Waals surface area contributed by atoms with Crippen LogP contribution in [-0.4, -0.2) is 19.9 Å². The highest BCUT2D eigenvalue weighted by atomic mass is 16.3. The van der Waals surface area contributed by atoms with E-state index in [1.807, 2.05) is 6.07 Å². The maximum atomic E-state index is 9.56. The molecule has 72 valence electrons. The molecule has 3 N–H and O–H groups in total. The van der Waals surface area contributed by atoms with E-state index in [9.17, 15) is 5.11 Å². The van der Waals surface area contributed by atoms with Crippen molar-refractivity contribution in [2.75, 3.05) is 0 Å². The van der Waals surface area contributed by atoms with Gasteiger partial charge in [-0.15, -0.1) is 10.2 Å². The Morgan fingerprint density at radius 2 is 2.00 bits per heavy atom. The predicted octanol–water partition coefficient (Wildman–Crippen LogP) is 0.432. The highest BCUT2D eigenvalue weighted by molar-refractivity contribution is 5.43. The Morgan fingerprint density at radius 3 is 2.57 bits per heavy atom. The van der Waals surface area contributed by atoms with E-state index in [2.05, 4.69) is 10.2 Å². The third-order valence-corrected chi connectivity index (χ3v) is 2.01. The highest BCUT2D eigenvalue weighted by Gasteiger charge is 2.01. The Balaban J connectivity index is 2.43. The van der Waals surface area contributed by atoms with E-state index < -0.39 is 0 Å². The Bertz CT molecular complexity index is 424. The van der Waals surface area contributed by atoms with Crippen LogP contribution in [0.4, 0.5) is 0 Å². The minimum Gasteiger partial charge on any atom is -0.508 e. The molecule has 2 aromatic rings. The minimum absolute atomic E-state index is 0.193. The van der Waals surface area contributed by atoms with Gasteiger partial charge in [0.25, 0.3) is 0 Å². The summed E-state index contributed by atoms with van der Waals surface area (Å²) < 4.78 is 1.71. The van der Waals surface area contributed by atoms with Crippen molar-refractivity contribution >= 4 is 0 Å². The van der Waals surface area contributed by atoms with Gasteiger partial charge in [0, 0.05) is 18.2 Å². The number of aromatic hydroxyl groups is 1. The van der Waals surface area contributed by atoms with E-state index >= 15 is 0 Å². The molecular formula is C9H10N4O. The summed E-state index contributed by atoms with van der Waals surface area (Å²) in [6, 6.07) is 5.27. The van der Waals surface area contributed by atoms with Crippen molar-refractivity contribution in [1.82, 2.24) is 14.8 Å². The van der Waals surface area contributed by atoms with Gasteiger partial charge in [0.2, 0.25) is 0 Å². The standard InChI is InChI=1S/C9H10N4O/c10-4-7-1-2-8(3-9(7)14)13-5-11-12-6-13/h1-3,5-6,14H,4,10H2. The molecule has 5 heteroatoms. The molecule has 0 bridgehead atoms.